The Bertz CT molecular complexity index is 1160. The SMILES string of the molecule is Cc1ccc(NC(=O)CSc2nc3c(oc4ccccc43)c(=O)[nH]2)cc1. The zero-order valence-corrected chi connectivity index (χ0v) is 14.7. The quantitative estimate of drug-likeness (QED) is 0.425. The summed E-state index contributed by atoms with van der Waals surface area (Å²) >= 11 is 1.17. The summed E-state index contributed by atoms with van der Waals surface area (Å²) in [6.07, 6.45) is 0. The van der Waals surface area contributed by atoms with Crippen LogP contribution in [0.5, 0.6) is 0 Å². The van der Waals surface area contributed by atoms with Gasteiger partial charge in [-0.25, -0.2) is 4.98 Å². The van der Waals surface area contributed by atoms with Crippen molar-refractivity contribution in [1.82, 2.24) is 9.97 Å². The van der Waals surface area contributed by atoms with E-state index in [0.717, 1.165) is 16.6 Å². The van der Waals surface area contributed by atoms with E-state index in [2.05, 4.69) is 15.3 Å². The van der Waals surface area contributed by atoms with Crippen LogP contribution in [0, 0.1) is 6.92 Å². The summed E-state index contributed by atoms with van der Waals surface area (Å²) in [4.78, 5) is 31.5. The molecule has 1 amide bonds. The molecule has 2 aromatic carbocycles. The van der Waals surface area contributed by atoms with Crippen molar-refractivity contribution >= 4 is 45.4 Å². The minimum absolute atomic E-state index is 0.137. The van der Waals surface area contributed by atoms with Crippen molar-refractivity contribution in [2.75, 3.05) is 11.1 Å². The predicted octanol–water partition coefficient (Wildman–Crippen LogP) is 3.71. The van der Waals surface area contributed by atoms with E-state index in [1.165, 1.54) is 11.8 Å². The van der Waals surface area contributed by atoms with Crippen molar-refractivity contribution in [2.45, 2.75) is 12.1 Å². The highest BCUT2D eigenvalue weighted by Gasteiger charge is 2.14. The molecule has 0 bridgehead atoms. The summed E-state index contributed by atoms with van der Waals surface area (Å²) in [5, 5.41) is 3.98. The summed E-state index contributed by atoms with van der Waals surface area (Å²) in [5.74, 6) is -0.0309. The average molecular weight is 365 g/mol. The molecular weight excluding hydrogens is 350 g/mol. The lowest BCUT2D eigenvalue weighted by atomic mass is 10.2. The van der Waals surface area contributed by atoms with Gasteiger partial charge in [-0.1, -0.05) is 41.6 Å². The predicted molar refractivity (Wildman–Crippen MR) is 103 cm³/mol. The highest BCUT2D eigenvalue weighted by molar-refractivity contribution is 7.99. The number of aromatic amines is 1. The van der Waals surface area contributed by atoms with Crippen molar-refractivity contribution < 1.29 is 9.21 Å². The summed E-state index contributed by atoms with van der Waals surface area (Å²) in [6.45, 7) is 1.99. The molecule has 7 heteroatoms. The van der Waals surface area contributed by atoms with E-state index < -0.39 is 0 Å². The van der Waals surface area contributed by atoms with Crippen molar-refractivity contribution in [3.05, 3.63) is 64.4 Å². The van der Waals surface area contributed by atoms with Gasteiger partial charge in [-0.05, 0) is 31.2 Å². The maximum absolute atomic E-state index is 12.2. The number of carbonyl (C=O) groups is 1. The fourth-order valence-electron chi connectivity index (χ4n) is 2.62. The third-order valence-electron chi connectivity index (χ3n) is 3.88. The Morgan fingerprint density at radius 2 is 1.96 bits per heavy atom. The average Bonchev–Trinajstić information content (AvgIpc) is 3.01. The van der Waals surface area contributed by atoms with Crippen LogP contribution in [0.3, 0.4) is 0 Å². The Morgan fingerprint density at radius 1 is 1.19 bits per heavy atom. The van der Waals surface area contributed by atoms with Gasteiger partial charge in [0, 0.05) is 11.1 Å². The third kappa shape index (κ3) is 3.21. The number of thioether (sulfide) groups is 1. The highest BCUT2D eigenvalue weighted by atomic mass is 32.2. The molecule has 0 saturated heterocycles. The van der Waals surface area contributed by atoms with Crippen molar-refractivity contribution in [3.8, 4) is 0 Å². The Labute approximate surface area is 152 Å². The van der Waals surface area contributed by atoms with Crippen LogP contribution in [-0.2, 0) is 4.79 Å². The molecule has 0 atom stereocenters. The van der Waals surface area contributed by atoms with Crippen LogP contribution in [0.25, 0.3) is 22.1 Å². The highest BCUT2D eigenvalue weighted by Crippen LogP contribution is 2.26. The van der Waals surface area contributed by atoms with Crippen LogP contribution in [0.1, 0.15) is 5.56 Å². The van der Waals surface area contributed by atoms with E-state index in [1.54, 1.807) is 6.07 Å². The Hall–Kier alpha value is -3.06. The van der Waals surface area contributed by atoms with Crippen molar-refractivity contribution in [3.63, 3.8) is 0 Å². The van der Waals surface area contributed by atoms with Gasteiger partial charge in [-0.3, -0.25) is 14.6 Å². The minimum Gasteiger partial charge on any atom is -0.449 e. The second-order valence-corrected chi connectivity index (χ2v) is 6.81. The number of rotatable bonds is 4. The van der Waals surface area contributed by atoms with E-state index in [-0.39, 0.29) is 22.8 Å². The van der Waals surface area contributed by atoms with Gasteiger partial charge in [0.25, 0.3) is 5.56 Å². The van der Waals surface area contributed by atoms with Crippen LogP contribution in [0.4, 0.5) is 5.69 Å². The molecule has 0 spiro atoms. The number of H-pyrrole nitrogens is 1. The van der Waals surface area contributed by atoms with Crippen LogP contribution < -0.4 is 10.9 Å². The number of hydrogen-bond acceptors (Lipinski definition) is 5. The number of amides is 1. The molecule has 4 aromatic rings. The number of fused-ring (bicyclic) bond motifs is 3. The number of carbonyl (C=O) groups excluding carboxylic acids is 1. The lowest BCUT2D eigenvalue weighted by Gasteiger charge is -2.05. The molecular formula is C19H15N3O3S. The molecule has 0 aliphatic heterocycles. The molecule has 6 nitrogen and oxygen atoms in total. The van der Waals surface area contributed by atoms with E-state index in [0.29, 0.717) is 16.3 Å². The lowest BCUT2D eigenvalue weighted by molar-refractivity contribution is -0.113. The van der Waals surface area contributed by atoms with Crippen LogP contribution >= 0.6 is 11.8 Å². The van der Waals surface area contributed by atoms with Gasteiger partial charge in [-0.2, -0.15) is 0 Å². The number of hydrogen-bond donors (Lipinski definition) is 2. The molecule has 130 valence electrons. The number of nitrogens with one attached hydrogen (secondary N) is 2. The molecule has 4 rings (SSSR count). The summed E-state index contributed by atoms with van der Waals surface area (Å²) in [6, 6.07) is 14.9. The largest absolute Gasteiger partial charge is 0.449 e. The van der Waals surface area contributed by atoms with Crippen molar-refractivity contribution in [1.29, 1.82) is 0 Å². The second-order valence-electron chi connectivity index (χ2n) is 5.85. The number of anilines is 1. The standard InChI is InChI=1S/C19H15N3O3S/c1-11-6-8-12(9-7-11)20-15(23)10-26-19-21-16-13-4-2-3-5-14(13)25-17(16)18(24)22-19/h2-9H,10H2,1H3,(H,20,23)(H,21,22,24). The van der Waals surface area contributed by atoms with E-state index in [1.807, 2.05) is 49.4 Å². The molecule has 0 aliphatic rings. The Kier molecular flexibility index (Phi) is 4.22. The fourth-order valence-corrected chi connectivity index (χ4v) is 3.28. The van der Waals surface area contributed by atoms with Gasteiger partial charge in [0.05, 0.1) is 5.75 Å². The summed E-state index contributed by atoms with van der Waals surface area (Å²) < 4.78 is 5.56. The van der Waals surface area contributed by atoms with Crippen LogP contribution in [0.15, 0.2) is 62.9 Å². The number of aromatic nitrogens is 2. The first-order valence-corrected chi connectivity index (χ1v) is 8.99. The molecule has 0 radical (unpaired) electrons. The third-order valence-corrected chi connectivity index (χ3v) is 4.76. The first kappa shape index (κ1) is 16.4. The molecule has 0 aliphatic carbocycles. The topological polar surface area (TPSA) is 88.0 Å². The number of furan rings is 1. The van der Waals surface area contributed by atoms with Crippen LogP contribution in [0.2, 0.25) is 0 Å². The maximum Gasteiger partial charge on any atom is 0.295 e. The summed E-state index contributed by atoms with van der Waals surface area (Å²) in [7, 11) is 0. The van der Waals surface area contributed by atoms with Gasteiger partial charge in [-0.15, -0.1) is 0 Å². The lowest BCUT2D eigenvalue weighted by Crippen LogP contribution is -2.15. The number of para-hydroxylation sites is 1. The Morgan fingerprint density at radius 3 is 2.77 bits per heavy atom. The number of aryl methyl sites for hydroxylation is 1. The van der Waals surface area contributed by atoms with Gasteiger partial charge < -0.3 is 9.73 Å². The monoisotopic (exact) mass is 365 g/mol. The molecule has 0 unspecified atom stereocenters. The number of nitrogens with zero attached hydrogens (tertiary/aromatic N) is 1. The zero-order chi connectivity index (χ0) is 18.1. The molecule has 0 saturated carbocycles. The van der Waals surface area contributed by atoms with Gasteiger partial charge >= 0.3 is 0 Å². The second kappa shape index (κ2) is 6.68. The zero-order valence-electron chi connectivity index (χ0n) is 13.9. The van der Waals surface area contributed by atoms with Gasteiger partial charge in [0.15, 0.2) is 5.16 Å². The molecule has 2 N–H and O–H groups in total. The number of benzene rings is 2. The molecule has 2 aromatic heterocycles. The minimum atomic E-state index is -0.354. The molecule has 0 fully saturated rings. The first-order chi connectivity index (χ1) is 12.6. The fraction of sp³-hybridized carbons (Fsp3) is 0.105. The summed E-state index contributed by atoms with van der Waals surface area (Å²) in [5.41, 5.74) is 2.82. The molecule has 26 heavy (non-hydrogen) atoms. The van der Waals surface area contributed by atoms with E-state index in [9.17, 15) is 9.59 Å². The normalized spacial score (nSPS) is 11.1. The maximum atomic E-state index is 12.2. The van der Waals surface area contributed by atoms with Crippen LogP contribution in [-0.4, -0.2) is 21.6 Å². The van der Waals surface area contributed by atoms with Crippen molar-refractivity contribution in [2.24, 2.45) is 0 Å². The smallest absolute Gasteiger partial charge is 0.295 e. The molecule has 2 heterocycles. The van der Waals surface area contributed by atoms with E-state index >= 15 is 0 Å². The van der Waals surface area contributed by atoms with Gasteiger partial charge in [0.1, 0.15) is 11.1 Å². The first-order valence-electron chi connectivity index (χ1n) is 8.01. The van der Waals surface area contributed by atoms with E-state index in [4.69, 9.17) is 4.42 Å². The van der Waals surface area contributed by atoms with Gasteiger partial charge in [0.2, 0.25) is 11.5 Å². The Balaban J connectivity index is 1.53.